The predicted octanol–water partition coefficient (Wildman–Crippen LogP) is 4.09. The van der Waals surface area contributed by atoms with Crippen molar-refractivity contribution in [1.82, 2.24) is 4.98 Å². The number of nitrogens with one attached hydrogen (secondary N) is 1. The largest absolute Gasteiger partial charge is 0.452 e. The Bertz CT molecular complexity index is 961. The van der Waals surface area contributed by atoms with Gasteiger partial charge >= 0.3 is 5.97 Å². The molecular formula is C19H15BrN2O4. The highest BCUT2D eigenvalue weighted by molar-refractivity contribution is 9.10. The Morgan fingerprint density at radius 3 is 2.85 bits per heavy atom. The van der Waals surface area contributed by atoms with Crippen molar-refractivity contribution in [1.29, 1.82) is 0 Å². The summed E-state index contributed by atoms with van der Waals surface area (Å²) in [6, 6.07) is 12.7. The number of benzene rings is 2. The number of anilines is 1. The van der Waals surface area contributed by atoms with Crippen molar-refractivity contribution in [3.63, 3.8) is 0 Å². The van der Waals surface area contributed by atoms with Crippen LogP contribution in [-0.2, 0) is 14.3 Å². The molecule has 132 valence electrons. The second-order valence-corrected chi connectivity index (χ2v) is 6.33. The van der Waals surface area contributed by atoms with Crippen molar-refractivity contribution in [2.24, 2.45) is 0 Å². The average molecular weight is 415 g/mol. The van der Waals surface area contributed by atoms with Gasteiger partial charge in [0, 0.05) is 22.3 Å². The number of rotatable bonds is 5. The van der Waals surface area contributed by atoms with Gasteiger partial charge in [-0.15, -0.1) is 0 Å². The van der Waals surface area contributed by atoms with Gasteiger partial charge in [0.2, 0.25) is 5.89 Å². The maximum absolute atomic E-state index is 11.8. The molecule has 0 bridgehead atoms. The van der Waals surface area contributed by atoms with Crippen LogP contribution in [0.15, 0.2) is 57.4 Å². The molecule has 7 heteroatoms. The van der Waals surface area contributed by atoms with Crippen LogP contribution in [0.1, 0.15) is 11.5 Å². The molecular weight excluding hydrogens is 400 g/mol. The fourth-order valence-corrected chi connectivity index (χ4v) is 2.45. The standard InChI is InChI=1S/C19H15BrN2O4/c1-12-10-13(6-7-14(12)20)21-17(23)11-25-19(24)9-8-18-22-15-4-2-3-5-16(15)26-18/h2-10H,11H2,1H3,(H,21,23)/b9-8+. The number of nitrogens with zero attached hydrogens (tertiary/aromatic N) is 1. The van der Waals surface area contributed by atoms with Gasteiger partial charge < -0.3 is 14.5 Å². The van der Waals surface area contributed by atoms with Crippen molar-refractivity contribution < 1.29 is 18.7 Å². The minimum atomic E-state index is -0.658. The Balaban J connectivity index is 1.51. The number of hydrogen-bond acceptors (Lipinski definition) is 5. The van der Waals surface area contributed by atoms with E-state index >= 15 is 0 Å². The maximum Gasteiger partial charge on any atom is 0.331 e. The molecule has 0 aliphatic carbocycles. The first-order valence-electron chi connectivity index (χ1n) is 7.78. The van der Waals surface area contributed by atoms with Crippen LogP contribution in [0.2, 0.25) is 0 Å². The third kappa shape index (κ3) is 4.58. The van der Waals surface area contributed by atoms with Gasteiger partial charge in [-0.05, 0) is 42.8 Å². The van der Waals surface area contributed by atoms with Gasteiger partial charge in [-0.25, -0.2) is 9.78 Å². The molecule has 2 aromatic carbocycles. The summed E-state index contributed by atoms with van der Waals surface area (Å²) < 4.78 is 11.3. The van der Waals surface area contributed by atoms with E-state index in [4.69, 9.17) is 9.15 Å². The quantitative estimate of drug-likeness (QED) is 0.502. The van der Waals surface area contributed by atoms with Crippen molar-refractivity contribution >= 4 is 50.7 Å². The molecule has 0 unspecified atom stereocenters. The lowest BCUT2D eigenvalue weighted by Crippen LogP contribution is -2.20. The minimum absolute atomic E-state index is 0.290. The van der Waals surface area contributed by atoms with Crippen LogP contribution in [0.5, 0.6) is 0 Å². The van der Waals surface area contributed by atoms with Gasteiger partial charge in [-0.1, -0.05) is 28.1 Å². The Morgan fingerprint density at radius 1 is 1.27 bits per heavy atom. The highest BCUT2D eigenvalue weighted by atomic mass is 79.9. The number of carbonyl (C=O) groups excluding carboxylic acids is 2. The first kappa shape index (κ1) is 17.9. The second kappa shape index (κ2) is 7.97. The summed E-state index contributed by atoms with van der Waals surface area (Å²) in [4.78, 5) is 27.8. The molecule has 1 N–H and O–H groups in total. The number of fused-ring (bicyclic) bond motifs is 1. The molecule has 3 rings (SSSR count). The summed E-state index contributed by atoms with van der Waals surface area (Å²) in [6.07, 6.45) is 2.57. The highest BCUT2D eigenvalue weighted by Crippen LogP contribution is 2.20. The summed E-state index contributed by atoms with van der Waals surface area (Å²) in [7, 11) is 0. The molecule has 0 atom stereocenters. The number of hydrogen-bond donors (Lipinski definition) is 1. The number of halogens is 1. The molecule has 0 fully saturated rings. The number of oxazole rings is 1. The van der Waals surface area contributed by atoms with Crippen LogP contribution >= 0.6 is 15.9 Å². The van der Waals surface area contributed by atoms with Crippen LogP contribution < -0.4 is 5.32 Å². The number of amides is 1. The third-order valence-corrected chi connectivity index (χ3v) is 4.35. The highest BCUT2D eigenvalue weighted by Gasteiger charge is 2.07. The summed E-state index contributed by atoms with van der Waals surface area (Å²) in [5.41, 5.74) is 2.95. The van der Waals surface area contributed by atoms with E-state index in [1.807, 2.05) is 37.3 Å². The molecule has 3 aromatic rings. The zero-order valence-corrected chi connectivity index (χ0v) is 15.4. The SMILES string of the molecule is Cc1cc(NC(=O)COC(=O)/C=C/c2nc3ccccc3o2)ccc1Br. The van der Waals surface area contributed by atoms with Crippen molar-refractivity contribution in [2.45, 2.75) is 6.92 Å². The smallest absolute Gasteiger partial charge is 0.331 e. The lowest BCUT2D eigenvalue weighted by molar-refractivity contribution is -0.142. The molecule has 6 nitrogen and oxygen atoms in total. The average Bonchev–Trinajstić information content (AvgIpc) is 3.04. The number of aryl methyl sites for hydroxylation is 1. The zero-order chi connectivity index (χ0) is 18.5. The summed E-state index contributed by atoms with van der Waals surface area (Å²) >= 11 is 3.39. The number of ether oxygens (including phenoxy) is 1. The van der Waals surface area contributed by atoms with Crippen LogP contribution in [-0.4, -0.2) is 23.5 Å². The van der Waals surface area contributed by atoms with Gasteiger partial charge in [0.25, 0.3) is 5.91 Å². The lowest BCUT2D eigenvalue weighted by Gasteiger charge is -2.07. The number of para-hydroxylation sites is 2. The first-order valence-corrected chi connectivity index (χ1v) is 8.57. The predicted molar refractivity (Wildman–Crippen MR) is 102 cm³/mol. The Hall–Kier alpha value is -2.93. The van der Waals surface area contributed by atoms with E-state index in [2.05, 4.69) is 26.2 Å². The first-order chi connectivity index (χ1) is 12.5. The van der Waals surface area contributed by atoms with E-state index in [1.54, 1.807) is 12.1 Å². The number of aromatic nitrogens is 1. The molecule has 0 spiro atoms. The minimum Gasteiger partial charge on any atom is -0.452 e. The topological polar surface area (TPSA) is 81.4 Å². The number of esters is 1. The van der Waals surface area contributed by atoms with E-state index in [-0.39, 0.29) is 12.5 Å². The van der Waals surface area contributed by atoms with Crippen molar-refractivity contribution in [3.8, 4) is 0 Å². The molecule has 1 aromatic heterocycles. The summed E-state index contributed by atoms with van der Waals surface area (Å²) in [5, 5.41) is 2.66. The Labute approximate surface area is 158 Å². The van der Waals surface area contributed by atoms with Crippen LogP contribution in [0.25, 0.3) is 17.2 Å². The van der Waals surface area contributed by atoms with Crippen molar-refractivity contribution in [2.75, 3.05) is 11.9 Å². The van der Waals surface area contributed by atoms with Crippen LogP contribution in [0.3, 0.4) is 0 Å². The van der Waals surface area contributed by atoms with Crippen molar-refractivity contribution in [3.05, 3.63) is 64.5 Å². The van der Waals surface area contributed by atoms with Gasteiger partial charge in [0.15, 0.2) is 12.2 Å². The van der Waals surface area contributed by atoms with E-state index in [0.29, 0.717) is 16.8 Å². The monoisotopic (exact) mass is 414 g/mol. The third-order valence-electron chi connectivity index (χ3n) is 3.46. The Kier molecular flexibility index (Phi) is 5.48. The van der Waals surface area contributed by atoms with Crippen LogP contribution in [0, 0.1) is 6.92 Å². The molecule has 0 aliphatic rings. The molecule has 1 amide bonds. The molecule has 0 aliphatic heterocycles. The fourth-order valence-electron chi connectivity index (χ4n) is 2.20. The molecule has 0 saturated carbocycles. The molecule has 0 saturated heterocycles. The lowest BCUT2D eigenvalue weighted by atomic mass is 10.2. The fraction of sp³-hybridized carbons (Fsp3) is 0.105. The van der Waals surface area contributed by atoms with Gasteiger partial charge in [0.05, 0.1) is 0 Å². The van der Waals surface area contributed by atoms with E-state index in [1.165, 1.54) is 12.2 Å². The maximum atomic E-state index is 11.8. The van der Waals surface area contributed by atoms with E-state index in [0.717, 1.165) is 10.0 Å². The normalized spacial score (nSPS) is 11.0. The summed E-state index contributed by atoms with van der Waals surface area (Å²) in [5.74, 6) is -0.789. The Morgan fingerprint density at radius 2 is 2.08 bits per heavy atom. The van der Waals surface area contributed by atoms with E-state index < -0.39 is 11.9 Å². The summed E-state index contributed by atoms with van der Waals surface area (Å²) in [6.45, 7) is 1.53. The molecule has 0 radical (unpaired) electrons. The van der Waals surface area contributed by atoms with Crippen LogP contribution in [0.4, 0.5) is 5.69 Å². The van der Waals surface area contributed by atoms with E-state index in [9.17, 15) is 9.59 Å². The molecule has 26 heavy (non-hydrogen) atoms. The molecule has 1 heterocycles. The second-order valence-electron chi connectivity index (χ2n) is 5.47. The zero-order valence-electron chi connectivity index (χ0n) is 13.9. The number of carbonyl (C=O) groups is 2. The van der Waals surface area contributed by atoms with Gasteiger partial charge in [0.1, 0.15) is 5.52 Å². The van der Waals surface area contributed by atoms with Gasteiger partial charge in [-0.3, -0.25) is 4.79 Å². The van der Waals surface area contributed by atoms with Gasteiger partial charge in [-0.2, -0.15) is 0 Å².